The van der Waals surface area contributed by atoms with Crippen LogP contribution in [0, 0.1) is 6.92 Å². The molecule has 0 aromatic heterocycles. The molecule has 1 N–H and O–H groups in total. The molecule has 0 aliphatic carbocycles. The molecule has 28 heavy (non-hydrogen) atoms. The molecule has 2 rings (SSSR count). The molecule has 0 aliphatic heterocycles. The van der Waals surface area contributed by atoms with Gasteiger partial charge in [-0.25, -0.2) is 13.2 Å². The summed E-state index contributed by atoms with van der Waals surface area (Å²) in [6.45, 7) is 3.52. The lowest BCUT2D eigenvalue weighted by atomic mass is 10.1. The van der Waals surface area contributed by atoms with Crippen molar-refractivity contribution in [1.82, 2.24) is 0 Å². The monoisotopic (exact) mass is 404 g/mol. The van der Waals surface area contributed by atoms with Crippen molar-refractivity contribution < 1.29 is 22.7 Å². The molecule has 0 unspecified atom stereocenters. The molecule has 1 amide bonds. The molecule has 150 valence electrons. The SMILES string of the molecule is CC[C@@H](C(=O)Nc1cc(C(=O)OC)ccc1C)N(c1ccccc1)S(C)(=O)=O. The number of esters is 1. The zero-order chi connectivity index (χ0) is 20.9. The van der Waals surface area contributed by atoms with Crippen LogP contribution in [-0.4, -0.2) is 39.7 Å². The van der Waals surface area contributed by atoms with Gasteiger partial charge in [-0.15, -0.1) is 0 Å². The van der Waals surface area contributed by atoms with E-state index in [0.717, 1.165) is 16.1 Å². The van der Waals surface area contributed by atoms with Crippen LogP contribution in [0.1, 0.15) is 29.3 Å². The van der Waals surface area contributed by atoms with Gasteiger partial charge < -0.3 is 10.1 Å². The highest BCUT2D eigenvalue weighted by Gasteiger charge is 2.31. The average Bonchev–Trinajstić information content (AvgIpc) is 2.66. The van der Waals surface area contributed by atoms with E-state index in [1.165, 1.54) is 13.2 Å². The first-order valence-corrected chi connectivity index (χ1v) is 10.6. The molecule has 7 nitrogen and oxygen atoms in total. The summed E-state index contributed by atoms with van der Waals surface area (Å²) in [5.41, 5.74) is 1.86. The zero-order valence-electron chi connectivity index (χ0n) is 16.3. The van der Waals surface area contributed by atoms with E-state index in [2.05, 4.69) is 5.32 Å². The normalized spacial score (nSPS) is 12.1. The molecule has 2 aromatic rings. The summed E-state index contributed by atoms with van der Waals surface area (Å²) in [5, 5.41) is 2.75. The number of nitrogens with one attached hydrogen (secondary N) is 1. The summed E-state index contributed by atoms with van der Waals surface area (Å²) in [6.07, 6.45) is 1.34. The molecular formula is C20H24N2O5S. The topological polar surface area (TPSA) is 92.8 Å². The summed E-state index contributed by atoms with van der Waals surface area (Å²) in [7, 11) is -2.43. The Bertz CT molecular complexity index is 958. The molecule has 1 atom stereocenters. The van der Waals surface area contributed by atoms with Crippen molar-refractivity contribution in [1.29, 1.82) is 0 Å². The summed E-state index contributed by atoms with van der Waals surface area (Å²) in [4.78, 5) is 24.7. The van der Waals surface area contributed by atoms with Gasteiger partial charge in [0, 0.05) is 5.69 Å². The largest absolute Gasteiger partial charge is 0.465 e. The molecule has 0 fully saturated rings. The number of ether oxygens (including phenoxy) is 1. The number of nitrogens with zero attached hydrogens (tertiary/aromatic N) is 1. The second-order valence-electron chi connectivity index (χ2n) is 6.33. The highest BCUT2D eigenvalue weighted by Crippen LogP contribution is 2.24. The molecule has 0 spiro atoms. The van der Waals surface area contributed by atoms with Crippen molar-refractivity contribution >= 4 is 33.3 Å². The van der Waals surface area contributed by atoms with E-state index in [9.17, 15) is 18.0 Å². The highest BCUT2D eigenvalue weighted by atomic mass is 32.2. The Balaban J connectivity index is 2.39. The van der Waals surface area contributed by atoms with E-state index in [-0.39, 0.29) is 6.42 Å². The van der Waals surface area contributed by atoms with Gasteiger partial charge in [-0.05, 0) is 43.2 Å². The van der Waals surface area contributed by atoms with Gasteiger partial charge >= 0.3 is 5.97 Å². The maximum absolute atomic E-state index is 13.0. The number of carbonyl (C=O) groups excluding carboxylic acids is 2. The molecule has 0 radical (unpaired) electrons. The number of anilines is 2. The van der Waals surface area contributed by atoms with Crippen molar-refractivity contribution in [3.63, 3.8) is 0 Å². The van der Waals surface area contributed by atoms with Crippen LogP contribution < -0.4 is 9.62 Å². The first-order valence-electron chi connectivity index (χ1n) is 8.73. The lowest BCUT2D eigenvalue weighted by Crippen LogP contribution is -2.47. The number of hydrogen-bond donors (Lipinski definition) is 1. The van der Waals surface area contributed by atoms with Crippen LogP contribution in [0.3, 0.4) is 0 Å². The molecule has 0 heterocycles. The maximum atomic E-state index is 13.0. The van der Waals surface area contributed by atoms with Crippen molar-refractivity contribution in [2.75, 3.05) is 23.0 Å². The standard InChI is InChI=1S/C20H24N2O5S/c1-5-18(22(28(4,25)26)16-9-7-6-8-10-16)19(23)21-17-13-15(20(24)27-3)12-11-14(17)2/h6-13,18H,5H2,1-4H3,(H,21,23)/t18-/m0/s1. The van der Waals surface area contributed by atoms with Gasteiger partial charge in [0.05, 0.1) is 24.6 Å². The number of benzene rings is 2. The first kappa shape index (κ1) is 21.4. The minimum absolute atomic E-state index is 0.267. The minimum atomic E-state index is -3.70. The fourth-order valence-electron chi connectivity index (χ4n) is 2.85. The van der Waals surface area contributed by atoms with Crippen molar-refractivity contribution in [2.45, 2.75) is 26.3 Å². The summed E-state index contributed by atoms with van der Waals surface area (Å²) < 4.78 is 30.7. The first-order chi connectivity index (χ1) is 13.2. The Morgan fingerprint density at radius 3 is 2.32 bits per heavy atom. The van der Waals surface area contributed by atoms with E-state index in [4.69, 9.17) is 4.74 Å². The number of methoxy groups -OCH3 is 1. The lowest BCUT2D eigenvalue weighted by molar-refractivity contribution is -0.117. The number of amides is 1. The van der Waals surface area contributed by atoms with E-state index in [1.54, 1.807) is 56.3 Å². The quantitative estimate of drug-likeness (QED) is 0.716. The van der Waals surface area contributed by atoms with Crippen molar-refractivity contribution in [3.8, 4) is 0 Å². The summed E-state index contributed by atoms with van der Waals surface area (Å²) in [6, 6.07) is 12.3. The second-order valence-corrected chi connectivity index (χ2v) is 8.19. The maximum Gasteiger partial charge on any atom is 0.337 e. The predicted octanol–water partition coefficient (Wildman–Crippen LogP) is 2.96. The van der Waals surface area contributed by atoms with E-state index >= 15 is 0 Å². The molecular weight excluding hydrogens is 380 g/mol. The van der Waals surface area contributed by atoms with Gasteiger partial charge in [0.2, 0.25) is 15.9 Å². The number of sulfonamides is 1. The van der Waals surface area contributed by atoms with Crippen molar-refractivity contribution in [3.05, 3.63) is 59.7 Å². The van der Waals surface area contributed by atoms with Gasteiger partial charge in [0.15, 0.2) is 0 Å². The van der Waals surface area contributed by atoms with Crippen LogP contribution in [0.2, 0.25) is 0 Å². The molecule has 0 saturated carbocycles. The Morgan fingerprint density at radius 2 is 1.79 bits per heavy atom. The number of aryl methyl sites for hydroxylation is 1. The van der Waals surface area contributed by atoms with Crippen LogP contribution >= 0.6 is 0 Å². The minimum Gasteiger partial charge on any atom is -0.465 e. The van der Waals surface area contributed by atoms with Crippen LogP contribution in [0.5, 0.6) is 0 Å². The zero-order valence-corrected chi connectivity index (χ0v) is 17.1. The molecule has 0 aliphatic rings. The van der Waals surface area contributed by atoms with Crippen molar-refractivity contribution in [2.24, 2.45) is 0 Å². The third-order valence-electron chi connectivity index (χ3n) is 4.26. The fourth-order valence-corrected chi connectivity index (χ4v) is 4.06. The fraction of sp³-hybridized carbons (Fsp3) is 0.300. The van der Waals surface area contributed by atoms with Gasteiger partial charge in [-0.1, -0.05) is 31.2 Å². The lowest BCUT2D eigenvalue weighted by Gasteiger charge is -2.30. The van der Waals surface area contributed by atoms with Gasteiger partial charge in [-0.3, -0.25) is 9.10 Å². The van der Waals surface area contributed by atoms with Crippen LogP contribution in [0.4, 0.5) is 11.4 Å². The smallest absolute Gasteiger partial charge is 0.337 e. The molecule has 0 bridgehead atoms. The van der Waals surface area contributed by atoms with Crippen LogP contribution in [-0.2, 0) is 19.6 Å². The third-order valence-corrected chi connectivity index (χ3v) is 5.44. The van der Waals surface area contributed by atoms with Gasteiger partial charge in [-0.2, -0.15) is 0 Å². The highest BCUT2D eigenvalue weighted by molar-refractivity contribution is 7.92. The predicted molar refractivity (Wildman–Crippen MR) is 109 cm³/mol. The Hall–Kier alpha value is -2.87. The second kappa shape index (κ2) is 8.88. The van der Waals surface area contributed by atoms with E-state index < -0.39 is 27.9 Å². The van der Waals surface area contributed by atoms with Crippen LogP contribution in [0.15, 0.2) is 48.5 Å². The Morgan fingerprint density at radius 1 is 1.14 bits per heavy atom. The van der Waals surface area contributed by atoms with E-state index in [0.29, 0.717) is 16.9 Å². The Labute approximate surface area is 165 Å². The molecule has 2 aromatic carbocycles. The number of carbonyl (C=O) groups is 2. The summed E-state index contributed by atoms with van der Waals surface area (Å²) in [5.74, 6) is -1.01. The number of para-hydroxylation sites is 1. The number of hydrogen-bond acceptors (Lipinski definition) is 5. The average molecular weight is 404 g/mol. The van der Waals surface area contributed by atoms with E-state index in [1.807, 2.05) is 0 Å². The molecule has 8 heteroatoms. The van der Waals surface area contributed by atoms with Gasteiger partial charge in [0.1, 0.15) is 6.04 Å². The number of rotatable bonds is 7. The summed E-state index contributed by atoms with van der Waals surface area (Å²) >= 11 is 0. The van der Waals surface area contributed by atoms with Gasteiger partial charge in [0.25, 0.3) is 0 Å². The Kier molecular flexibility index (Phi) is 6.80. The molecule has 0 saturated heterocycles. The third kappa shape index (κ3) is 4.89. The van der Waals surface area contributed by atoms with Crippen LogP contribution in [0.25, 0.3) is 0 Å².